The molecule has 1 saturated heterocycles. The van der Waals surface area contributed by atoms with Crippen molar-refractivity contribution in [1.82, 2.24) is 24.6 Å². The van der Waals surface area contributed by atoms with Gasteiger partial charge in [-0.05, 0) is 36.6 Å². The topological polar surface area (TPSA) is 54.3 Å². The summed E-state index contributed by atoms with van der Waals surface area (Å²) in [5.74, 6) is 0.306. The quantitative estimate of drug-likeness (QED) is 0.842. The number of aromatic nitrogens is 3. The second-order valence-corrected chi connectivity index (χ2v) is 6.72. The Kier molecular flexibility index (Phi) is 4.30. The zero-order valence-electron chi connectivity index (χ0n) is 13.8. The van der Waals surface area contributed by atoms with Crippen molar-refractivity contribution in [2.24, 2.45) is 0 Å². The number of pyridine rings is 1. The summed E-state index contributed by atoms with van der Waals surface area (Å²) in [7, 11) is 0. The molecule has 126 valence electrons. The summed E-state index contributed by atoms with van der Waals surface area (Å²) in [6.45, 7) is 4.57. The van der Waals surface area contributed by atoms with Gasteiger partial charge in [0.2, 0.25) is 5.91 Å². The van der Waals surface area contributed by atoms with E-state index < -0.39 is 0 Å². The van der Waals surface area contributed by atoms with E-state index in [9.17, 15) is 4.79 Å². The zero-order chi connectivity index (χ0) is 16.4. The van der Waals surface area contributed by atoms with Crippen molar-refractivity contribution in [3.05, 3.63) is 48.0 Å². The summed E-state index contributed by atoms with van der Waals surface area (Å²) in [6.07, 6.45) is 8.27. The fourth-order valence-corrected chi connectivity index (χ4v) is 3.79. The molecule has 2 aromatic heterocycles. The molecule has 1 amide bonds. The summed E-state index contributed by atoms with van der Waals surface area (Å²) in [6, 6.07) is 6.58. The highest BCUT2D eigenvalue weighted by molar-refractivity contribution is 5.77. The number of rotatable bonds is 5. The Bertz CT molecular complexity index is 698. The van der Waals surface area contributed by atoms with Crippen LogP contribution >= 0.6 is 0 Å². The van der Waals surface area contributed by atoms with Gasteiger partial charge in [0.1, 0.15) is 0 Å². The Morgan fingerprint density at radius 3 is 2.83 bits per heavy atom. The van der Waals surface area contributed by atoms with Gasteiger partial charge in [0.25, 0.3) is 0 Å². The summed E-state index contributed by atoms with van der Waals surface area (Å²) in [5.41, 5.74) is 2.54. The summed E-state index contributed by atoms with van der Waals surface area (Å²) in [5, 5.41) is 4.52. The number of fused-ring (bicyclic) bond motifs is 1. The third-order valence-corrected chi connectivity index (χ3v) is 5.01. The van der Waals surface area contributed by atoms with E-state index >= 15 is 0 Å². The minimum Gasteiger partial charge on any atom is -0.343 e. The summed E-state index contributed by atoms with van der Waals surface area (Å²) in [4.78, 5) is 20.4. The average molecular weight is 325 g/mol. The average Bonchev–Trinajstić information content (AvgIpc) is 3.22. The first-order valence-electron chi connectivity index (χ1n) is 8.71. The maximum absolute atomic E-state index is 11.8. The molecule has 0 radical (unpaired) electrons. The molecule has 0 bridgehead atoms. The SMILES string of the molecule is O=C1CCCN1CCC1CN(Cc2ccncc2)Cc2ccnn21. The van der Waals surface area contributed by atoms with Crippen molar-refractivity contribution in [3.63, 3.8) is 0 Å². The van der Waals surface area contributed by atoms with Crippen LogP contribution in [0.25, 0.3) is 0 Å². The molecule has 0 aromatic carbocycles. The van der Waals surface area contributed by atoms with Crippen LogP contribution in [0.2, 0.25) is 0 Å². The number of hydrogen-bond donors (Lipinski definition) is 0. The lowest BCUT2D eigenvalue weighted by atomic mass is 10.1. The smallest absolute Gasteiger partial charge is 0.222 e. The van der Waals surface area contributed by atoms with Crippen molar-refractivity contribution in [2.75, 3.05) is 19.6 Å². The predicted molar refractivity (Wildman–Crippen MR) is 90.0 cm³/mol. The molecular formula is C18H23N5O. The van der Waals surface area contributed by atoms with E-state index in [1.54, 1.807) is 0 Å². The van der Waals surface area contributed by atoms with Crippen molar-refractivity contribution in [2.45, 2.75) is 38.4 Å². The monoisotopic (exact) mass is 325 g/mol. The molecule has 6 heteroatoms. The Hall–Kier alpha value is -2.21. The molecule has 2 aromatic rings. The van der Waals surface area contributed by atoms with Crippen LogP contribution in [0.15, 0.2) is 36.8 Å². The van der Waals surface area contributed by atoms with Crippen LogP contribution in [0, 0.1) is 0 Å². The normalized spacial score (nSPS) is 21.2. The van der Waals surface area contributed by atoms with Gasteiger partial charge in [0.15, 0.2) is 0 Å². The molecule has 2 aliphatic heterocycles. The first-order chi connectivity index (χ1) is 11.8. The number of carbonyl (C=O) groups is 1. The fourth-order valence-electron chi connectivity index (χ4n) is 3.79. The number of amides is 1. The molecule has 0 N–H and O–H groups in total. The van der Waals surface area contributed by atoms with Crippen LogP contribution in [0.5, 0.6) is 0 Å². The molecule has 1 unspecified atom stereocenters. The van der Waals surface area contributed by atoms with Crippen molar-refractivity contribution < 1.29 is 4.79 Å². The zero-order valence-corrected chi connectivity index (χ0v) is 13.8. The maximum Gasteiger partial charge on any atom is 0.222 e. The van der Waals surface area contributed by atoms with Gasteiger partial charge in [0, 0.05) is 57.7 Å². The highest BCUT2D eigenvalue weighted by atomic mass is 16.2. The highest BCUT2D eigenvalue weighted by Crippen LogP contribution is 2.25. The summed E-state index contributed by atoms with van der Waals surface area (Å²) >= 11 is 0. The van der Waals surface area contributed by atoms with Gasteiger partial charge < -0.3 is 4.90 Å². The first kappa shape index (κ1) is 15.3. The van der Waals surface area contributed by atoms with Crippen LogP contribution < -0.4 is 0 Å². The van der Waals surface area contributed by atoms with E-state index in [0.29, 0.717) is 18.4 Å². The predicted octanol–water partition coefficient (Wildman–Crippen LogP) is 1.85. The second-order valence-electron chi connectivity index (χ2n) is 6.72. The second kappa shape index (κ2) is 6.73. The molecule has 6 nitrogen and oxygen atoms in total. The number of carbonyl (C=O) groups excluding carboxylic acids is 1. The van der Waals surface area contributed by atoms with Gasteiger partial charge in [-0.2, -0.15) is 5.10 Å². The number of hydrogen-bond acceptors (Lipinski definition) is 4. The van der Waals surface area contributed by atoms with Gasteiger partial charge in [-0.3, -0.25) is 19.4 Å². The van der Waals surface area contributed by atoms with E-state index in [0.717, 1.165) is 45.6 Å². The standard InChI is InChI=1S/C18H23N5O/c24-18-2-1-10-22(18)11-6-17-14-21(12-15-3-7-19-8-4-15)13-16-5-9-20-23(16)17/h3-5,7-9,17H,1-2,6,10-14H2. The Morgan fingerprint density at radius 2 is 2.04 bits per heavy atom. The fraction of sp³-hybridized carbons (Fsp3) is 0.500. The molecule has 1 fully saturated rings. The highest BCUT2D eigenvalue weighted by Gasteiger charge is 2.27. The van der Waals surface area contributed by atoms with Crippen molar-refractivity contribution in [3.8, 4) is 0 Å². The van der Waals surface area contributed by atoms with Gasteiger partial charge in [0.05, 0.1) is 11.7 Å². The van der Waals surface area contributed by atoms with Crippen molar-refractivity contribution >= 4 is 5.91 Å². The molecule has 0 spiro atoms. The minimum atomic E-state index is 0.306. The van der Waals surface area contributed by atoms with Crippen LogP contribution in [0.1, 0.15) is 36.6 Å². The van der Waals surface area contributed by atoms with E-state index in [1.807, 2.05) is 23.5 Å². The number of likely N-dealkylation sites (tertiary alicyclic amines) is 1. The first-order valence-corrected chi connectivity index (χ1v) is 8.71. The van der Waals surface area contributed by atoms with Gasteiger partial charge in [-0.15, -0.1) is 0 Å². The third-order valence-electron chi connectivity index (χ3n) is 5.01. The van der Waals surface area contributed by atoms with Crippen LogP contribution in [-0.4, -0.2) is 50.1 Å². The lowest BCUT2D eigenvalue weighted by Gasteiger charge is -2.34. The van der Waals surface area contributed by atoms with Crippen molar-refractivity contribution in [1.29, 1.82) is 0 Å². The van der Waals surface area contributed by atoms with Crippen LogP contribution in [0.4, 0.5) is 0 Å². The molecule has 1 atom stereocenters. The van der Waals surface area contributed by atoms with E-state index in [2.05, 4.69) is 37.9 Å². The number of nitrogens with zero attached hydrogens (tertiary/aromatic N) is 5. The molecule has 24 heavy (non-hydrogen) atoms. The van der Waals surface area contributed by atoms with Gasteiger partial charge in [-0.25, -0.2) is 0 Å². The maximum atomic E-state index is 11.8. The van der Waals surface area contributed by atoms with Gasteiger partial charge in [-0.1, -0.05) is 0 Å². The molecule has 2 aliphatic rings. The Labute approximate surface area is 142 Å². The summed E-state index contributed by atoms with van der Waals surface area (Å²) < 4.78 is 2.16. The largest absolute Gasteiger partial charge is 0.343 e. The Balaban J connectivity index is 1.44. The molecule has 4 heterocycles. The Morgan fingerprint density at radius 1 is 1.17 bits per heavy atom. The molecule has 4 rings (SSSR count). The lowest BCUT2D eigenvalue weighted by molar-refractivity contribution is -0.127. The minimum absolute atomic E-state index is 0.306. The van der Waals surface area contributed by atoms with E-state index in [-0.39, 0.29) is 0 Å². The lowest BCUT2D eigenvalue weighted by Crippen LogP contribution is -2.39. The molecular weight excluding hydrogens is 302 g/mol. The van der Waals surface area contributed by atoms with Crippen LogP contribution in [0.3, 0.4) is 0 Å². The third kappa shape index (κ3) is 3.19. The molecule has 0 aliphatic carbocycles. The van der Waals surface area contributed by atoms with Crippen LogP contribution in [-0.2, 0) is 17.9 Å². The van der Waals surface area contributed by atoms with Gasteiger partial charge >= 0.3 is 0 Å². The van der Waals surface area contributed by atoms with E-state index in [1.165, 1.54) is 11.3 Å². The molecule has 0 saturated carbocycles. The van der Waals surface area contributed by atoms with E-state index in [4.69, 9.17) is 0 Å².